The van der Waals surface area contributed by atoms with Gasteiger partial charge in [-0.2, -0.15) is 0 Å². The first kappa shape index (κ1) is 22.7. The summed E-state index contributed by atoms with van der Waals surface area (Å²) in [5, 5.41) is 8.58. The van der Waals surface area contributed by atoms with Crippen LogP contribution in [0.2, 0.25) is 0 Å². The molecular weight excluding hydrogens is 404 g/mol. The molecular formula is C25H28N4O3. The van der Waals surface area contributed by atoms with Gasteiger partial charge in [0, 0.05) is 36.2 Å². The van der Waals surface area contributed by atoms with E-state index in [1.807, 2.05) is 67.6 Å². The van der Waals surface area contributed by atoms with Crippen LogP contribution in [0.1, 0.15) is 12.0 Å². The minimum Gasteiger partial charge on any atom is -0.497 e. The Hall–Kier alpha value is -4.00. The maximum absolute atomic E-state index is 13.0. The van der Waals surface area contributed by atoms with Crippen molar-refractivity contribution in [1.82, 2.24) is 5.32 Å². The quantitative estimate of drug-likeness (QED) is 0.425. The normalized spacial score (nSPS) is 10.2. The van der Waals surface area contributed by atoms with Gasteiger partial charge in [0.05, 0.1) is 7.11 Å². The van der Waals surface area contributed by atoms with Crippen LogP contribution in [0.5, 0.6) is 5.75 Å². The molecule has 0 unspecified atom stereocenters. The van der Waals surface area contributed by atoms with Gasteiger partial charge in [-0.25, -0.2) is 9.59 Å². The molecule has 0 aliphatic rings. The molecule has 0 aromatic heterocycles. The minimum atomic E-state index is -0.311. The van der Waals surface area contributed by atoms with E-state index in [2.05, 4.69) is 16.0 Å². The average molecular weight is 433 g/mol. The molecule has 3 rings (SSSR count). The number of para-hydroxylation sites is 2. The van der Waals surface area contributed by atoms with E-state index in [1.165, 1.54) is 0 Å². The Morgan fingerprint density at radius 1 is 0.906 bits per heavy atom. The Bertz CT molecular complexity index is 1040. The van der Waals surface area contributed by atoms with Crippen LogP contribution >= 0.6 is 0 Å². The standard InChI is InChI=1S/C25H28N4O3/c1-19-10-6-7-15-23(19)28-25(31)29(21-12-4-3-5-13-21)17-9-16-26-24(30)27-20-11-8-14-22(18-20)32-2/h3-8,10-15,18H,9,16-17H2,1-2H3,(H,28,31)(H2,26,27,30). The lowest BCUT2D eigenvalue weighted by molar-refractivity contribution is 0.252. The Balaban J connectivity index is 1.55. The van der Waals surface area contributed by atoms with Gasteiger partial charge in [-0.1, -0.05) is 42.5 Å². The Kier molecular flexibility index (Phi) is 8.09. The molecule has 0 fully saturated rings. The Labute approximate surface area is 188 Å². The van der Waals surface area contributed by atoms with E-state index < -0.39 is 0 Å². The smallest absolute Gasteiger partial charge is 0.326 e. The third kappa shape index (κ3) is 6.50. The maximum Gasteiger partial charge on any atom is 0.326 e. The van der Waals surface area contributed by atoms with Crippen molar-refractivity contribution in [2.75, 3.05) is 35.7 Å². The van der Waals surface area contributed by atoms with Crippen LogP contribution in [0, 0.1) is 6.92 Å². The second-order valence-corrected chi connectivity index (χ2v) is 7.20. The second kappa shape index (κ2) is 11.4. The van der Waals surface area contributed by atoms with E-state index >= 15 is 0 Å². The van der Waals surface area contributed by atoms with E-state index in [0.29, 0.717) is 30.9 Å². The fourth-order valence-electron chi connectivity index (χ4n) is 3.17. The van der Waals surface area contributed by atoms with Crippen molar-refractivity contribution in [1.29, 1.82) is 0 Å². The molecule has 7 nitrogen and oxygen atoms in total. The summed E-state index contributed by atoms with van der Waals surface area (Å²) in [6.45, 7) is 2.81. The van der Waals surface area contributed by atoms with Gasteiger partial charge in [0.25, 0.3) is 0 Å². The summed E-state index contributed by atoms with van der Waals surface area (Å²) in [7, 11) is 1.58. The number of anilines is 3. The zero-order chi connectivity index (χ0) is 22.8. The lowest BCUT2D eigenvalue weighted by Gasteiger charge is -2.24. The first-order valence-corrected chi connectivity index (χ1v) is 10.4. The number of hydrogen-bond acceptors (Lipinski definition) is 3. The van der Waals surface area contributed by atoms with Crippen molar-refractivity contribution in [3.05, 3.63) is 84.4 Å². The number of carbonyl (C=O) groups is 2. The van der Waals surface area contributed by atoms with Crippen molar-refractivity contribution in [3.63, 3.8) is 0 Å². The molecule has 0 radical (unpaired) electrons. The highest BCUT2D eigenvalue weighted by molar-refractivity contribution is 6.02. The van der Waals surface area contributed by atoms with E-state index in [0.717, 1.165) is 16.9 Å². The topological polar surface area (TPSA) is 82.7 Å². The van der Waals surface area contributed by atoms with Gasteiger partial charge >= 0.3 is 12.1 Å². The Morgan fingerprint density at radius 2 is 1.66 bits per heavy atom. The van der Waals surface area contributed by atoms with Gasteiger partial charge < -0.3 is 20.7 Å². The van der Waals surface area contributed by atoms with Gasteiger partial charge in [0.1, 0.15) is 5.75 Å². The number of benzene rings is 3. The van der Waals surface area contributed by atoms with Crippen molar-refractivity contribution in [3.8, 4) is 5.75 Å². The summed E-state index contributed by atoms with van der Waals surface area (Å²) in [6, 6.07) is 23.7. The lowest BCUT2D eigenvalue weighted by Crippen LogP contribution is -2.38. The fourth-order valence-corrected chi connectivity index (χ4v) is 3.17. The first-order valence-electron chi connectivity index (χ1n) is 10.4. The van der Waals surface area contributed by atoms with E-state index in [4.69, 9.17) is 4.74 Å². The predicted octanol–water partition coefficient (Wildman–Crippen LogP) is 5.25. The van der Waals surface area contributed by atoms with Gasteiger partial charge in [-0.05, 0) is 49.2 Å². The molecule has 32 heavy (non-hydrogen) atoms. The van der Waals surface area contributed by atoms with Gasteiger partial charge in [0.2, 0.25) is 0 Å². The second-order valence-electron chi connectivity index (χ2n) is 7.20. The van der Waals surface area contributed by atoms with E-state index in [-0.39, 0.29) is 12.1 Å². The monoisotopic (exact) mass is 432 g/mol. The SMILES string of the molecule is COc1cccc(NC(=O)NCCCN(C(=O)Nc2ccccc2C)c2ccccc2)c1. The third-order valence-electron chi connectivity index (χ3n) is 4.87. The van der Waals surface area contributed by atoms with Crippen molar-refractivity contribution < 1.29 is 14.3 Å². The third-order valence-corrected chi connectivity index (χ3v) is 4.87. The summed E-state index contributed by atoms with van der Waals surface area (Å²) in [5.41, 5.74) is 3.20. The largest absolute Gasteiger partial charge is 0.497 e. The lowest BCUT2D eigenvalue weighted by atomic mass is 10.2. The van der Waals surface area contributed by atoms with Crippen LogP contribution in [-0.4, -0.2) is 32.3 Å². The molecule has 0 saturated heterocycles. The summed E-state index contributed by atoms with van der Waals surface area (Å²) in [4.78, 5) is 26.9. The molecule has 3 N–H and O–H groups in total. The van der Waals surface area contributed by atoms with Gasteiger partial charge in [0.15, 0.2) is 0 Å². The fraction of sp³-hybridized carbons (Fsp3) is 0.200. The first-order chi connectivity index (χ1) is 15.6. The molecule has 0 heterocycles. The molecule has 0 spiro atoms. The number of hydrogen-bond donors (Lipinski definition) is 3. The molecule has 0 saturated carbocycles. The molecule has 3 aromatic rings. The summed E-state index contributed by atoms with van der Waals surface area (Å²) in [6.07, 6.45) is 0.585. The van der Waals surface area contributed by atoms with Crippen molar-refractivity contribution in [2.24, 2.45) is 0 Å². The molecule has 0 bridgehead atoms. The van der Waals surface area contributed by atoms with E-state index in [1.54, 1.807) is 30.2 Å². The van der Waals surface area contributed by atoms with Gasteiger partial charge in [-0.3, -0.25) is 4.90 Å². The van der Waals surface area contributed by atoms with Crippen LogP contribution in [0.25, 0.3) is 0 Å². The highest BCUT2D eigenvalue weighted by Gasteiger charge is 2.16. The molecule has 0 aliphatic heterocycles. The minimum absolute atomic E-state index is 0.216. The van der Waals surface area contributed by atoms with Crippen LogP contribution in [-0.2, 0) is 0 Å². The number of amides is 4. The maximum atomic E-state index is 13.0. The van der Waals surface area contributed by atoms with Crippen LogP contribution in [0.4, 0.5) is 26.7 Å². The number of nitrogens with zero attached hydrogens (tertiary/aromatic N) is 1. The number of aryl methyl sites for hydroxylation is 1. The van der Waals surface area contributed by atoms with Gasteiger partial charge in [-0.15, -0.1) is 0 Å². The van der Waals surface area contributed by atoms with Crippen LogP contribution in [0.15, 0.2) is 78.9 Å². The predicted molar refractivity (Wildman–Crippen MR) is 129 cm³/mol. The van der Waals surface area contributed by atoms with Crippen LogP contribution in [0.3, 0.4) is 0 Å². The molecule has 3 aromatic carbocycles. The van der Waals surface area contributed by atoms with Crippen molar-refractivity contribution in [2.45, 2.75) is 13.3 Å². The molecule has 7 heteroatoms. The van der Waals surface area contributed by atoms with Crippen LogP contribution < -0.4 is 25.6 Å². The zero-order valence-electron chi connectivity index (χ0n) is 18.3. The number of urea groups is 2. The summed E-state index contributed by atoms with van der Waals surface area (Å²) in [5.74, 6) is 0.668. The zero-order valence-corrected chi connectivity index (χ0v) is 18.3. The average Bonchev–Trinajstić information content (AvgIpc) is 2.81. The number of rotatable bonds is 8. The Morgan fingerprint density at radius 3 is 2.41 bits per heavy atom. The molecule has 166 valence electrons. The highest BCUT2D eigenvalue weighted by Crippen LogP contribution is 2.19. The molecule has 0 aliphatic carbocycles. The molecule has 4 amide bonds. The van der Waals surface area contributed by atoms with Crippen molar-refractivity contribution >= 4 is 29.1 Å². The number of ether oxygens (including phenoxy) is 1. The number of nitrogens with one attached hydrogen (secondary N) is 3. The highest BCUT2D eigenvalue weighted by atomic mass is 16.5. The number of carbonyl (C=O) groups excluding carboxylic acids is 2. The summed E-state index contributed by atoms with van der Waals surface area (Å²) >= 11 is 0. The van der Waals surface area contributed by atoms with E-state index in [9.17, 15) is 9.59 Å². The summed E-state index contributed by atoms with van der Waals surface area (Å²) < 4.78 is 5.16. The molecule has 0 atom stereocenters. The number of methoxy groups -OCH3 is 1.